The Morgan fingerprint density at radius 3 is 2.05 bits per heavy atom. The van der Waals surface area contributed by atoms with E-state index in [-0.39, 0.29) is 12.1 Å². The number of ether oxygens (including phenoxy) is 1. The van der Waals surface area contributed by atoms with Gasteiger partial charge in [0.2, 0.25) is 0 Å². The number of cyclic esters (lactones) is 1. The number of rotatable bonds is 3. The summed E-state index contributed by atoms with van der Waals surface area (Å²) in [5, 5.41) is 0. The maximum Gasteiger partial charge on any atom is 0.411 e. The van der Waals surface area contributed by atoms with E-state index < -0.39 is 18.4 Å². The lowest BCUT2D eigenvalue weighted by Crippen LogP contribution is -2.31. The van der Waals surface area contributed by atoms with E-state index >= 15 is 0 Å². The molecule has 0 unspecified atom stereocenters. The standard InChI is InChI=1S/C18H16FNO2/c19-14-11-15(14)20-16(12-7-3-1-4-8-12)17(22-18(20)21)13-9-5-2-6-10-13/h1-10,14-17H,11H2/t14-,15+,16-,17+/m1/s1. The van der Waals surface area contributed by atoms with Crippen LogP contribution in [0.15, 0.2) is 60.7 Å². The summed E-state index contributed by atoms with van der Waals surface area (Å²) in [6.45, 7) is 0. The van der Waals surface area contributed by atoms with Crippen LogP contribution in [0.3, 0.4) is 0 Å². The Kier molecular flexibility index (Phi) is 3.10. The Bertz CT molecular complexity index is 676. The van der Waals surface area contributed by atoms with E-state index in [0.29, 0.717) is 6.42 Å². The zero-order valence-corrected chi connectivity index (χ0v) is 11.9. The second kappa shape index (κ2) is 5.13. The van der Waals surface area contributed by atoms with Crippen molar-refractivity contribution in [2.45, 2.75) is 30.8 Å². The summed E-state index contributed by atoms with van der Waals surface area (Å²) < 4.78 is 19.2. The number of hydrogen-bond acceptors (Lipinski definition) is 2. The van der Waals surface area contributed by atoms with Gasteiger partial charge in [-0.2, -0.15) is 0 Å². The Morgan fingerprint density at radius 1 is 0.955 bits per heavy atom. The van der Waals surface area contributed by atoms with Crippen molar-refractivity contribution >= 4 is 6.09 Å². The third-order valence-electron chi connectivity index (χ3n) is 4.33. The van der Waals surface area contributed by atoms with Gasteiger partial charge in [-0.25, -0.2) is 9.18 Å². The molecule has 2 aromatic carbocycles. The molecule has 0 N–H and O–H groups in total. The van der Waals surface area contributed by atoms with Crippen LogP contribution in [0.2, 0.25) is 0 Å². The van der Waals surface area contributed by atoms with Gasteiger partial charge in [-0.3, -0.25) is 4.90 Å². The summed E-state index contributed by atoms with van der Waals surface area (Å²) >= 11 is 0. The minimum absolute atomic E-state index is 0.276. The Hall–Kier alpha value is -2.36. The second-order valence-electron chi connectivity index (χ2n) is 5.80. The first-order chi connectivity index (χ1) is 10.8. The highest BCUT2D eigenvalue weighted by atomic mass is 19.1. The predicted octanol–water partition coefficient (Wildman–Crippen LogP) is 4.03. The van der Waals surface area contributed by atoms with Crippen molar-refractivity contribution in [1.29, 1.82) is 0 Å². The maximum absolute atomic E-state index is 13.6. The van der Waals surface area contributed by atoms with Crippen LogP contribution in [0.4, 0.5) is 9.18 Å². The van der Waals surface area contributed by atoms with Crippen molar-refractivity contribution in [2.24, 2.45) is 0 Å². The number of carbonyl (C=O) groups is 1. The average molecular weight is 297 g/mol. The lowest BCUT2D eigenvalue weighted by molar-refractivity contribution is 0.129. The molecule has 1 heterocycles. The Balaban J connectivity index is 1.76. The van der Waals surface area contributed by atoms with Crippen LogP contribution in [-0.2, 0) is 4.74 Å². The van der Waals surface area contributed by atoms with E-state index in [1.54, 1.807) is 4.90 Å². The van der Waals surface area contributed by atoms with Crippen LogP contribution in [0.25, 0.3) is 0 Å². The first-order valence-electron chi connectivity index (χ1n) is 7.48. The largest absolute Gasteiger partial charge is 0.439 e. The molecule has 2 aliphatic rings. The van der Waals surface area contributed by atoms with Gasteiger partial charge in [-0.05, 0) is 11.1 Å². The van der Waals surface area contributed by atoms with Gasteiger partial charge in [0.05, 0.1) is 6.04 Å². The second-order valence-corrected chi connectivity index (χ2v) is 5.80. The van der Waals surface area contributed by atoms with Gasteiger partial charge in [0, 0.05) is 6.42 Å². The molecule has 112 valence electrons. The number of amides is 1. The van der Waals surface area contributed by atoms with E-state index in [4.69, 9.17) is 4.74 Å². The zero-order chi connectivity index (χ0) is 15.1. The van der Waals surface area contributed by atoms with Gasteiger partial charge in [0.25, 0.3) is 0 Å². The molecule has 0 aromatic heterocycles. The molecule has 4 atom stereocenters. The SMILES string of the molecule is O=C1O[C@@H](c2ccccc2)[C@@H](c2ccccc2)N1[C@H]1C[C@H]1F. The topological polar surface area (TPSA) is 29.5 Å². The molecule has 0 spiro atoms. The number of nitrogens with zero attached hydrogens (tertiary/aromatic N) is 1. The molecule has 4 heteroatoms. The molecule has 1 aliphatic heterocycles. The predicted molar refractivity (Wildman–Crippen MR) is 80.0 cm³/mol. The van der Waals surface area contributed by atoms with Crippen molar-refractivity contribution in [3.63, 3.8) is 0 Å². The summed E-state index contributed by atoms with van der Waals surface area (Å²) in [5.74, 6) is 0. The van der Waals surface area contributed by atoms with Crippen molar-refractivity contribution < 1.29 is 13.9 Å². The molecule has 4 rings (SSSR count). The number of hydrogen-bond donors (Lipinski definition) is 0. The third-order valence-corrected chi connectivity index (χ3v) is 4.33. The van der Waals surface area contributed by atoms with Crippen molar-refractivity contribution in [3.8, 4) is 0 Å². The molecular formula is C18H16FNO2. The molecule has 1 aliphatic carbocycles. The first kappa shape index (κ1) is 13.3. The Labute approximate surface area is 128 Å². The van der Waals surface area contributed by atoms with Crippen LogP contribution in [0.1, 0.15) is 29.7 Å². The summed E-state index contributed by atoms with van der Waals surface area (Å²) in [6, 6.07) is 18.7. The lowest BCUT2D eigenvalue weighted by atomic mass is 9.95. The summed E-state index contributed by atoms with van der Waals surface area (Å²) in [4.78, 5) is 13.9. The van der Waals surface area contributed by atoms with Crippen molar-refractivity contribution in [3.05, 3.63) is 71.8 Å². The van der Waals surface area contributed by atoms with Crippen LogP contribution in [0.5, 0.6) is 0 Å². The van der Waals surface area contributed by atoms with Crippen LogP contribution >= 0.6 is 0 Å². The quantitative estimate of drug-likeness (QED) is 0.856. The van der Waals surface area contributed by atoms with Crippen LogP contribution in [-0.4, -0.2) is 23.2 Å². The van der Waals surface area contributed by atoms with E-state index in [2.05, 4.69) is 0 Å². The molecule has 2 aromatic rings. The fraction of sp³-hybridized carbons (Fsp3) is 0.278. The van der Waals surface area contributed by atoms with Gasteiger partial charge < -0.3 is 4.74 Å². The van der Waals surface area contributed by atoms with Crippen molar-refractivity contribution in [1.82, 2.24) is 4.90 Å². The lowest BCUT2D eigenvalue weighted by Gasteiger charge is -2.25. The number of benzene rings is 2. The smallest absolute Gasteiger partial charge is 0.411 e. The zero-order valence-electron chi connectivity index (χ0n) is 11.9. The van der Waals surface area contributed by atoms with E-state index in [1.807, 2.05) is 60.7 Å². The monoisotopic (exact) mass is 297 g/mol. The van der Waals surface area contributed by atoms with E-state index in [0.717, 1.165) is 11.1 Å². The van der Waals surface area contributed by atoms with Gasteiger partial charge >= 0.3 is 6.09 Å². The molecule has 1 amide bonds. The number of carbonyl (C=O) groups excluding carboxylic acids is 1. The van der Waals surface area contributed by atoms with Gasteiger partial charge in [-0.15, -0.1) is 0 Å². The van der Waals surface area contributed by atoms with Crippen LogP contribution < -0.4 is 0 Å². The third kappa shape index (κ3) is 2.15. The molecule has 2 fully saturated rings. The minimum atomic E-state index is -0.937. The molecule has 22 heavy (non-hydrogen) atoms. The van der Waals surface area contributed by atoms with Gasteiger partial charge in [0.15, 0.2) is 6.10 Å². The minimum Gasteiger partial charge on any atom is -0.439 e. The van der Waals surface area contributed by atoms with E-state index in [1.165, 1.54) is 0 Å². The average Bonchev–Trinajstić information content (AvgIpc) is 3.17. The molecule has 1 saturated carbocycles. The van der Waals surface area contributed by atoms with Crippen molar-refractivity contribution in [2.75, 3.05) is 0 Å². The van der Waals surface area contributed by atoms with Gasteiger partial charge in [0.1, 0.15) is 12.2 Å². The fourth-order valence-electron chi connectivity index (χ4n) is 3.15. The number of alkyl halides is 1. The normalized spacial score (nSPS) is 30.2. The maximum atomic E-state index is 13.6. The summed E-state index contributed by atoms with van der Waals surface area (Å²) in [7, 11) is 0. The molecular weight excluding hydrogens is 281 g/mol. The highest BCUT2D eigenvalue weighted by Crippen LogP contribution is 2.48. The molecule has 1 saturated heterocycles. The molecule has 3 nitrogen and oxygen atoms in total. The summed E-state index contributed by atoms with van der Waals surface area (Å²) in [5.41, 5.74) is 1.91. The van der Waals surface area contributed by atoms with E-state index in [9.17, 15) is 9.18 Å². The highest BCUT2D eigenvalue weighted by molar-refractivity contribution is 5.72. The first-order valence-corrected chi connectivity index (χ1v) is 7.48. The van der Waals surface area contributed by atoms with Crippen LogP contribution in [0, 0.1) is 0 Å². The Morgan fingerprint density at radius 2 is 1.50 bits per heavy atom. The highest BCUT2D eigenvalue weighted by Gasteiger charge is 2.54. The molecule has 0 bridgehead atoms. The van der Waals surface area contributed by atoms with Gasteiger partial charge in [-0.1, -0.05) is 60.7 Å². The molecule has 0 radical (unpaired) electrons. The number of halogens is 1. The fourth-order valence-corrected chi connectivity index (χ4v) is 3.15. The summed E-state index contributed by atoms with van der Waals surface area (Å²) in [6.07, 6.45) is -1.36.